The zero-order chi connectivity index (χ0) is 25.6. The van der Waals surface area contributed by atoms with E-state index >= 15 is 0 Å². The third-order valence-electron chi connectivity index (χ3n) is 6.04. The first-order chi connectivity index (χ1) is 17.1. The first-order valence-electron chi connectivity index (χ1n) is 11.5. The molecule has 0 bridgehead atoms. The van der Waals surface area contributed by atoms with Gasteiger partial charge in [0.1, 0.15) is 42.3 Å². The Kier molecular flexibility index (Phi) is 6.77. The Morgan fingerprint density at radius 1 is 1.11 bits per heavy atom. The fraction of sp³-hybridized carbons (Fsp3) is 0.500. The zero-order valence-electron chi connectivity index (χ0n) is 19.6. The van der Waals surface area contributed by atoms with E-state index < -0.39 is 41.7 Å². The van der Waals surface area contributed by atoms with Crippen LogP contribution < -0.4 is 9.47 Å². The molecule has 0 spiro atoms. The number of ether oxygens (including phenoxy) is 4. The largest absolute Gasteiger partial charge is 0.490 e. The maximum Gasteiger partial charge on any atom is 0.296 e. The number of aliphatic hydroxyl groups is 2. The summed E-state index contributed by atoms with van der Waals surface area (Å²) in [5, 5.41) is 19.9. The van der Waals surface area contributed by atoms with Crippen LogP contribution in [0.1, 0.15) is 25.1 Å². The number of benzene rings is 1. The van der Waals surface area contributed by atoms with E-state index in [1.165, 1.54) is 13.8 Å². The average Bonchev–Trinajstić information content (AvgIpc) is 3.48. The smallest absolute Gasteiger partial charge is 0.296 e. The molecule has 0 saturated carbocycles. The molecule has 2 aliphatic heterocycles. The van der Waals surface area contributed by atoms with Gasteiger partial charge in [-0.2, -0.15) is 4.98 Å². The molecule has 0 unspecified atom stereocenters. The van der Waals surface area contributed by atoms with Crippen molar-refractivity contribution in [2.45, 2.75) is 56.7 Å². The molecule has 2 fully saturated rings. The fourth-order valence-electron chi connectivity index (χ4n) is 4.26. The van der Waals surface area contributed by atoms with Gasteiger partial charge >= 0.3 is 0 Å². The number of hydrogen-bond donors (Lipinski definition) is 3. The lowest BCUT2D eigenvalue weighted by Gasteiger charge is -2.18. The van der Waals surface area contributed by atoms with Crippen molar-refractivity contribution in [1.29, 1.82) is 0 Å². The highest BCUT2D eigenvalue weighted by Crippen LogP contribution is 2.30. The molecule has 12 heteroatoms. The molecule has 2 saturated heterocycles. The molecule has 3 aromatic rings. The number of aromatic amines is 1. The molecule has 3 N–H and O–H groups in total. The number of imidazole rings is 1. The van der Waals surface area contributed by atoms with Crippen molar-refractivity contribution in [3.8, 4) is 11.8 Å². The summed E-state index contributed by atoms with van der Waals surface area (Å²) in [5.41, 5.74) is 0.0408. The van der Waals surface area contributed by atoms with E-state index in [1.54, 1.807) is 6.07 Å². The molecule has 5 rings (SSSR count). The Hall–Kier alpha value is -2.57. The minimum Gasteiger partial charge on any atom is -0.490 e. The molecule has 194 valence electrons. The number of hydrogen-bond acceptors (Lipinski definition) is 8. The van der Waals surface area contributed by atoms with Gasteiger partial charge in [0.2, 0.25) is 0 Å². The second kappa shape index (κ2) is 9.71. The van der Waals surface area contributed by atoms with Crippen LogP contribution in [-0.2, 0) is 22.3 Å². The number of aryl methyl sites for hydroxylation is 1. The molecule has 36 heavy (non-hydrogen) atoms. The van der Waals surface area contributed by atoms with Crippen molar-refractivity contribution in [3.05, 3.63) is 46.1 Å². The van der Waals surface area contributed by atoms with E-state index in [-0.39, 0.29) is 50.0 Å². The second-order valence-electron chi connectivity index (χ2n) is 9.62. The predicted molar refractivity (Wildman–Crippen MR) is 124 cm³/mol. The topological polar surface area (TPSA) is 119 Å². The predicted octanol–water partition coefficient (Wildman–Crippen LogP) is 2.73. The number of aliphatic hydroxyl groups excluding tert-OH is 1. The molecule has 2 aliphatic rings. The van der Waals surface area contributed by atoms with Gasteiger partial charge in [0.05, 0.1) is 35.0 Å². The van der Waals surface area contributed by atoms with Crippen LogP contribution in [0, 0.1) is 11.6 Å². The molecular formula is C24H26ClF2N3O6. The number of rotatable bonds is 8. The summed E-state index contributed by atoms with van der Waals surface area (Å²) in [7, 11) is 0. The van der Waals surface area contributed by atoms with E-state index in [0.717, 1.165) is 12.1 Å². The number of nitrogens with one attached hydrogen (secondary N) is 1. The van der Waals surface area contributed by atoms with Crippen molar-refractivity contribution >= 4 is 22.8 Å². The van der Waals surface area contributed by atoms with Crippen molar-refractivity contribution < 1.29 is 37.9 Å². The summed E-state index contributed by atoms with van der Waals surface area (Å²) < 4.78 is 51.5. The summed E-state index contributed by atoms with van der Waals surface area (Å²) in [6.07, 6.45) is -1.77. The van der Waals surface area contributed by atoms with Crippen molar-refractivity contribution in [2.75, 3.05) is 19.8 Å². The highest BCUT2D eigenvalue weighted by Gasteiger charge is 2.48. The van der Waals surface area contributed by atoms with Crippen molar-refractivity contribution in [3.63, 3.8) is 0 Å². The van der Waals surface area contributed by atoms with E-state index in [2.05, 4.69) is 15.0 Å². The number of halogens is 3. The summed E-state index contributed by atoms with van der Waals surface area (Å²) in [4.78, 5) is 11.8. The van der Waals surface area contributed by atoms with E-state index in [1.807, 2.05) is 0 Å². The van der Waals surface area contributed by atoms with Gasteiger partial charge in [-0.1, -0.05) is 11.6 Å². The summed E-state index contributed by atoms with van der Waals surface area (Å²) >= 11 is 6.38. The highest BCUT2D eigenvalue weighted by atomic mass is 35.5. The van der Waals surface area contributed by atoms with Gasteiger partial charge in [0, 0.05) is 17.7 Å². The van der Waals surface area contributed by atoms with Crippen LogP contribution >= 0.6 is 11.6 Å². The minimum atomic E-state index is -1.13. The summed E-state index contributed by atoms with van der Waals surface area (Å²) in [6, 6.07) is 4.00. The van der Waals surface area contributed by atoms with Crippen LogP contribution in [0.4, 0.5) is 8.78 Å². The number of nitrogens with zero attached hydrogens (tertiary/aromatic N) is 2. The molecule has 0 aliphatic carbocycles. The first-order valence-corrected chi connectivity index (χ1v) is 11.9. The van der Waals surface area contributed by atoms with Gasteiger partial charge in [-0.3, -0.25) is 0 Å². The second-order valence-corrected chi connectivity index (χ2v) is 10.0. The number of aromatic nitrogens is 3. The summed E-state index contributed by atoms with van der Waals surface area (Å²) in [6.45, 7) is 3.40. The maximum atomic E-state index is 14.6. The monoisotopic (exact) mass is 525 g/mol. The lowest BCUT2D eigenvalue weighted by atomic mass is 10.1. The fourth-order valence-corrected chi connectivity index (χ4v) is 4.50. The molecule has 1 aromatic carbocycles. The Bertz CT molecular complexity index is 1240. The van der Waals surface area contributed by atoms with Crippen LogP contribution in [0.2, 0.25) is 5.02 Å². The van der Waals surface area contributed by atoms with Crippen LogP contribution in [0.5, 0.6) is 11.8 Å². The molecule has 0 radical (unpaired) electrons. The van der Waals surface area contributed by atoms with Gasteiger partial charge in [-0.05, 0) is 32.8 Å². The van der Waals surface area contributed by atoms with Crippen LogP contribution in [0.3, 0.4) is 0 Å². The maximum absolute atomic E-state index is 14.6. The zero-order valence-corrected chi connectivity index (χ0v) is 20.4. The lowest BCUT2D eigenvalue weighted by Crippen LogP contribution is -2.34. The SMILES string of the molecule is CC(C)(O)COc1cc(F)c(CCc2nc3nc(O[C@@H]4CO[C@H]5[C@@H]4OC[C@H]5O)[nH]c3cc2Cl)c(F)c1. The Morgan fingerprint density at radius 3 is 2.56 bits per heavy atom. The molecule has 0 amide bonds. The first kappa shape index (κ1) is 25.1. The molecule has 4 heterocycles. The number of pyridine rings is 1. The molecule has 9 nitrogen and oxygen atoms in total. The quantitative estimate of drug-likeness (QED) is 0.411. The minimum absolute atomic E-state index is 0.00555. The molecule has 4 atom stereocenters. The van der Waals surface area contributed by atoms with Gasteiger partial charge < -0.3 is 34.1 Å². The summed E-state index contributed by atoms with van der Waals surface area (Å²) in [5.74, 6) is -1.52. The Balaban J connectivity index is 1.27. The molecular weight excluding hydrogens is 500 g/mol. The van der Waals surface area contributed by atoms with E-state index in [9.17, 15) is 19.0 Å². The van der Waals surface area contributed by atoms with Gasteiger partial charge in [-0.15, -0.1) is 0 Å². The van der Waals surface area contributed by atoms with E-state index in [4.69, 9.17) is 30.5 Å². The van der Waals surface area contributed by atoms with Crippen LogP contribution in [-0.4, -0.2) is 75.0 Å². The third kappa shape index (κ3) is 5.25. The van der Waals surface area contributed by atoms with E-state index in [0.29, 0.717) is 21.9 Å². The standard InChI is InChI=1S/C24H26ClF2N3O6/c1-24(2,32)10-35-11-5-14(26)12(15(27)6-11)3-4-16-13(25)7-17-22(28-16)30-23(29-17)36-19-9-34-20-18(31)8-33-21(19)20/h5-7,18-21,31-32H,3-4,8-10H2,1-2H3,(H,28,29,30)/t18-,19-,20-,21-/m1/s1. The Morgan fingerprint density at radius 2 is 1.83 bits per heavy atom. The van der Waals surface area contributed by atoms with Gasteiger partial charge in [0.15, 0.2) is 11.8 Å². The third-order valence-corrected chi connectivity index (χ3v) is 6.37. The van der Waals surface area contributed by atoms with Crippen molar-refractivity contribution in [1.82, 2.24) is 15.0 Å². The number of fused-ring (bicyclic) bond motifs is 2. The number of H-pyrrole nitrogens is 1. The average molecular weight is 526 g/mol. The lowest BCUT2D eigenvalue weighted by molar-refractivity contribution is 0.00706. The van der Waals surface area contributed by atoms with Crippen molar-refractivity contribution in [2.24, 2.45) is 0 Å². The highest BCUT2D eigenvalue weighted by molar-refractivity contribution is 6.31. The van der Waals surface area contributed by atoms with Gasteiger partial charge in [0.25, 0.3) is 6.01 Å². The van der Waals surface area contributed by atoms with Gasteiger partial charge in [-0.25, -0.2) is 13.8 Å². The Labute approximate surface area is 210 Å². The van der Waals surface area contributed by atoms with Crippen LogP contribution in [0.15, 0.2) is 18.2 Å². The normalized spacial score (nSPS) is 23.9. The molecule has 2 aromatic heterocycles. The van der Waals surface area contributed by atoms with Crippen LogP contribution in [0.25, 0.3) is 11.2 Å².